The number of hydrogen-bond acceptors (Lipinski definition) is 1. The highest BCUT2D eigenvalue weighted by Gasteiger charge is 2.27. The van der Waals surface area contributed by atoms with Crippen molar-refractivity contribution in [2.75, 3.05) is 7.11 Å². The molecule has 0 aromatic heterocycles. The molecule has 2 heteroatoms. The fourth-order valence-corrected chi connectivity index (χ4v) is 1.89. The Morgan fingerprint density at radius 2 is 1.94 bits per heavy atom. The van der Waals surface area contributed by atoms with Crippen LogP contribution in [0, 0.1) is 17.8 Å². The molecule has 1 rings (SSSR count). The Morgan fingerprint density at radius 1 is 1.38 bits per heavy atom. The molecule has 1 aromatic carbocycles. The average molecular weight is 221 g/mol. The zero-order valence-electron chi connectivity index (χ0n) is 10.0. The Bertz CT molecular complexity index is 340. The van der Waals surface area contributed by atoms with Crippen LogP contribution >= 0.6 is 0 Å². The lowest BCUT2D eigenvalue weighted by atomic mass is 9.80. The van der Waals surface area contributed by atoms with Crippen molar-refractivity contribution in [3.05, 3.63) is 48.3 Å². The van der Waals surface area contributed by atoms with Crippen LogP contribution in [0.2, 0.25) is 0 Å². The van der Waals surface area contributed by atoms with E-state index in [0.717, 1.165) is 12.0 Å². The van der Waals surface area contributed by atoms with Crippen molar-refractivity contribution >= 4 is 0 Å². The van der Waals surface area contributed by atoms with Gasteiger partial charge in [-0.25, -0.2) is 4.39 Å². The Kier molecular flexibility index (Phi) is 4.25. The van der Waals surface area contributed by atoms with E-state index >= 15 is 0 Å². The van der Waals surface area contributed by atoms with Crippen molar-refractivity contribution in [1.82, 2.24) is 0 Å². The van der Waals surface area contributed by atoms with Crippen LogP contribution in [0.15, 0.2) is 30.3 Å². The van der Waals surface area contributed by atoms with Gasteiger partial charge in [0.15, 0.2) is 0 Å². The minimum atomic E-state index is -0.213. The van der Waals surface area contributed by atoms with E-state index in [4.69, 9.17) is 11.3 Å². The SMILES string of the molecule is [CH]=CC(OC)C(C)(C)Cc1ccc(F)cc1. The summed E-state index contributed by atoms with van der Waals surface area (Å²) >= 11 is 0. The molecule has 0 saturated carbocycles. The van der Waals surface area contributed by atoms with E-state index in [9.17, 15) is 4.39 Å². The predicted octanol–water partition coefficient (Wildman–Crippen LogP) is 3.40. The van der Waals surface area contributed by atoms with Crippen LogP contribution in [-0.2, 0) is 11.2 Å². The summed E-state index contributed by atoms with van der Waals surface area (Å²) < 4.78 is 18.1. The summed E-state index contributed by atoms with van der Waals surface area (Å²) in [5, 5.41) is 0. The second-order valence-corrected chi connectivity index (χ2v) is 4.64. The molecule has 0 saturated heterocycles. The number of benzene rings is 1. The fraction of sp³-hybridized carbons (Fsp3) is 0.429. The maximum atomic E-state index is 12.8. The zero-order valence-corrected chi connectivity index (χ0v) is 10.0. The van der Waals surface area contributed by atoms with Gasteiger partial charge < -0.3 is 4.74 Å². The first-order valence-corrected chi connectivity index (χ1v) is 5.32. The van der Waals surface area contributed by atoms with Gasteiger partial charge in [0, 0.05) is 7.11 Å². The first-order chi connectivity index (χ1) is 7.49. The summed E-state index contributed by atoms with van der Waals surface area (Å²) in [4.78, 5) is 0. The van der Waals surface area contributed by atoms with E-state index in [1.165, 1.54) is 12.1 Å². The first kappa shape index (κ1) is 12.9. The highest BCUT2D eigenvalue weighted by atomic mass is 19.1. The molecule has 1 atom stereocenters. The van der Waals surface area contributed by atoms with Gasteiger partial charge in [-0.1, -0.05) is 38.6 Å². The van der Waals surface area contributed by atoms with Gasteiger partial charge in [0.05, 0.1) is 6.10 Å². The smallest absolute Gasteiger partial charge is 0.123 e. The molecule has 1 unspecified atom stereocenters. The maximum absolute atomic E-state index is 12.8. The molecule has 0 spiro atoms. The summed E-state index contributed by atoms with van der Waals surface area (Å²) in [6.45, 7) is 9.69. The fourth-order valence-electron chi connectivity index (χ4n) is 1.89. The molecular weight excluding hydrogens is 203 g/mol. The highest BCUT2D eigenvalue weighted by molar-refractivity contribution is 5.18. The Balaban J connectivity index is 2.78. The van der Waals surface area contributed by atoms with Crippen LogP contribution in [0.1, 0.15) is 19.4 Å². The molecule has 16 heavy (non-hydrogen) atoms. The quantitative estimate of drug-likeness (QED) is 0.740. The predicted molar refractivity (Wildman–Crippen MR) is 63.6 cm³/mol. The molecule has 1 radical (unpaired) electrons. The van der Waals surface area contributed by atoms with Crippen molar-refractivity contribution in [3.8, 4) is 0 Å². The van der Waals surface area contributed by atoms with Gasteiger partial charge in [-0.2, -0.15) is 0 Å². The Morgan fingerprint density at radius 3 is 2.38 bits per heavy atom. The van der Waals surface area contributed by atoms with Crippen LogP contribution in [0.3, 0.4) is 0 Å². The maximum Gasteiger partial charge on any atom is 0.123 e. The molecule has 1 nitrogen and oxygen atoms in total. The van der Waals surface area contributed by atoms with Gasteiger partial charge in [-0.05, 0) is 29.5 Å². The van der Waals surface area contributed by atoms with Crippen LogP contribution in [0.25, 0.3) is 0 Å². The second-order valence-electron chi connectivity index (χ2n) is 4.64. The van der Waals surface area contributed by atoms with Gasteiger partial charge in [-0.3, -0.25) is 0 Å². The number of rotatable bonds is 5. The highest BCUT2D eigenvalue weighted by Crippen LogP contribution is 2.28. The normalized spacial score (nSPS) is 13.5. The summed E-state index contributed by atoms with van der Waals surface area (Å²) in [6, 6.07) is 6.53. The minimum absolute atomic E-state index is 0.110. The Labute approximate surface area is 96.9 Å². The van der Waals surface area contributed by atoms with E-state index in [0.29, 0.717) is 0 Å². The lowest BCUT2D eigenvalue weighted by Crippen LogP contribution is -2.31. The van der Waals surface area contributed by atoms with Crippen LogP contribution in [-0.4, -0.2) is 13.2 Å². The lowest BCUT2D eigenvalue weighted by Gasteiger charge is -2.31. The van der Waals surface area contributed by atoms with Crippen LogP contribution in [0.4, 0.5) is 4.39 Å². The average Bonchev–Trinajstić information content (AvgIpc) is 2.22. The van der Waals surface area contributed by atoms with Gasteiger partial charge in [-0.15, -0.1) is 0 Å². The van der Waals surface area contributed by atoms with Crippen LogP contribution < -0.4 is 0 Å². The lowest BCUT2D eigenvalue weighted by molar-refractivity contribution is 0.0428. The molecular formula is C14H18FO. The van der Waals surface area contributed by atoms with Crippen molar-refractivity contribution < 1.29 is 9.13 Å². The summed E-state index contributed by atoms with van der Waals surface area (Å²) in [5.41, 5.74) is 0.969. The second kappa shape index (κ2) is 5.26. The molecule has 0 aliphatic heterocycles. The van der Waals surface area contributed by atoms with Crippen molar-refractivity contribution in [3.63, 3.8) is 0 Å². The standard InChI is InChI=1S/C14H18FO/c1-5-13(16-4)14(2,3)10-11-6-8-12(15)9-7-11/h1,5-9,13H,10H2,2-4H3. The molecule has 1 aromatic rings. The number of methoxy groups -OCH3 is 1. The summed E-state index contributed by atoms with van der Waals surface area (Å²) in [5.74, 6) is -0.213. The molecule has 0 heterocycles. The van der Waals surface area contributed by atoms with Gasteiger partial charge in [0.25, 0.3) is 0 Å². The zero-order chi connectivity index (χ0) is 12.2. The molecule has 0 fully saturated rings. The van der Waals surface area contributed by atoms with Gasteiger partial charge in [0.1, 0.15) is 5.82 Å². The molecule has 0 aliphatic carbocycles. The molecule has 0 aliphatic rings. The van der Waals surface area contributed by atoms with E-state index < -0.39 is 0 Å². The van der Waals surface area contributed by atoms with Crippen molar-refractivity contribution in [2.24, 2.45) is 5.41 Å². The monoisotopic (exact) mass is 221 g/mol. The first-order valence-electron chi connectivity index (χ1n) is 5.32. The molecule has 0 N–H and O–H groups in total. The minimum Gasteiger partial charge on any atom is -0.377 e. The van der Waals surface area contributed by atoms with E-state index in [-0.39, 0.29) is 17.3 Å². The summed E-state index contributed by atoms with van der Waals surface area (Å²) in [7, 11) is 1.64. The van der Waals surface area contributed by atoms with Gasteiger partial charge >= 0.3 is 0 Å². The topological polar surface area (TPSA) is 9.23 Å². The molecule has 0 bridgehead atoms. The van der Waals surface area contributed by atoms with E-state index in [2.05, 4.69) is 13.8 Å². The van der Waals surface area contributed by atoms with Crippen LogP contribution in [0.5, 0.6) is 0 Å². The third-order valence-corrected chi connectivity index (χ3v) is 2.77. The number of halogens is 1. The summed E-state index contributed by atoms with van der Waals surface area (Å²) in [6.07, 6.45) is 2.24. The molecule has 87 valence electrons. The third kappa shape index (κ3) is 3.17. The molecule has 0 amide bonds. The number of hydrogen-bond donors (Lipinski definition) is 0. The largest absolute Gasteiger partial charge is 0.377 e. The van der Waals surface area contributed by atoms with E-state index in [1.807, 2.05) is 0 Å². The number of ether oxygens (including phenoxy) is 1. The van der Waals surface area contributed by atoms with Crippen molar-refractivity contribution in [1.29, 1.82) is 0 Å². The Hall–Kier alpha value is -1.15. The van der Waals surface area contributed by atoms with Gasteiger partial charge in [0.2, 0.25) is 0 Å². The third-order valence-electron chi connectivity index (χ3n) is 2.77. The van der Waals surface area contributed by atoms with E-state index in [1.54, 1.807) is 25.3 Å². The van der Waals surface area contributed by atoms with Crippen molar-refractivity contribution in [2.45, 2.75) is 26.4 Å².